The summed E-state index contributed by atoms with van der Waals surface area (Å²) in [6, 6.07) is 25.8. The molecule has 0 aliphatic rings. The smallest absolute Gasteiger partial charge is 0.265 e. The molecule has 0 atom stereocenters. The average molecular weight is 522 g/mol. The standard InChI is InChI=1S/C28H31N3O5S/c1-29(2)19-10-20-36-27-17-7-6-11-22(27)21-30(23-12-4-3-5-13-23)37(34,35)28-18-9-14-24-25(28)15-8-16-26(24)31(32)33/h3-9,11-18,32-33H,10,19-21H2,1-2H3. The maximum absolute atomic E-state index is 14.2. The van der Waals surface area contributed by atoms with Gasteiger partial charge in [0, 0.05) is 22.9 Å². The van der Waals surface area contributed by atoms with Crippen molar-refractivity contribution in [3.63, 3.8) is 0 Å². The van der Waals surface area contributed by atoms with E-state index in [-0.39, 0.29) is 22.4 Å². The van der Waals surface area contributed by atoms with Gasteiger partial charge < -0.3 is 9.64 Å². The Hall–Kier alpha value is -3.63. The summed E-state index contributed by atoms with van der Waals surface area (Å²) in [5, 5.41) is 20.1. The molecule has 8 nitrogen and oxygen atoms in total. The number of hydrogen-bond acceptors (Lipinski definition) is 7. The van der Waals surface area contributed by atoms with Crippen LogP contribution in [0.5, 0.6) is 5.75 Å². The minimum absolute atomic E-state index is 0.00240. The first-order chi connectivity index (χ1) is 17.8. The molecular weight excluding hydrogens is 490 g/mol. The minimum Gasteiger partial charge on any atom is -0.493 e. The zero-order valence-electron chi connectivity index (χ0n) is 20.9. The molecular formula is C28H31N3O5S. The van der Waals surface area contributed by atoms with Crippen molar-refractivity contribution < 1.29 is 23.6 Å². The largest absolute Gasteiger partial charge is 0.493 e. The van der Waals surface area contributed by atoms with Crippen molar-refractivity contribution in [2.75, 3.05) is 36.8 Å². The number of ether oxygens (including phenoxy) is 1. The molecule has 4 aromatic rings. The second-order valence-electron chi connectivity index (χ2n) is 8.88. The molecule has 0 spiro atoms. The predicted molar refractivity (Wildman–Crippen MR) is 145 cm³/mol. The van der Waals surface area contributed by atoms with E-state index in [0.29, 0.717) is 28.8 Å². The Balaban J connectivity index is 1.76. The van der Waals surface area contributed by atoms with E-state index in [9.17, 15) is 18.8 Å². The van der Waals surface area contributed by atoms with Crippen LogP contribution >= 0.6 is 0 Å². The lowest BCUT2D eigenvalue weighted by atomic mass is 10.1. The van der Waals surface area contributed by atoms with Gasteiger partial charge in [0.05, 0.1) is 23.7 Å². The monoisotopic (exact) mass is 521 g/mol. The predicted octanol–water partition coefficient (Wildman–Crippen LogP) is 5.15. The zero-order valence-corrected chi connectivity index (χ0v) is 21.7. The van der Waals surface area contributed by atoms with E-state index < -0.39 is 10.0 Å². The number of hydrogen-bond donors (Lipinski definition) is 2. The lowest BCUT2D eigenvalue weighted by molar-refractivity contribution is 0.0300. The van der Waals surface area contributed by atoms with E-state index in [1.165, 1.54) is 16.4 Å². The van der Waals surface area contributed by atoms with Crippen LogP contribution < -0.4 is 14.3 Å². The van der Waals surface area contributed by atoms with Crippen LogP contribution in [0.4, 0.5) is 11.4 Å². The molecule has 0 aliphatic heterocycles. The summed E-state index contributed by atoms with van der Waals surface area (Å²) in [5.41, 5.74) is 1.32. The summed E-state index contributed by atoms with van der Waals surface area (Å²) in [7, 11) is -0.0745. The number of para-hydroxylation sites is 2. The maximum atomic E-state index is 14.2. The molecule has 194 valence electrons. The number of benzene rings is 4. The quantitative estimate of drug-likeness (QED) is 0.208. The third kappa shape index (κ3) is 6.03. The zero-order chi connectivity index (χ0) is 26.4. The Morgan fingerprint density at radius 3 is 2.19 bits per heavy atom. The van der Waals surface area contributed by atoms with Gasteiger partial charge in [0.15, 0.2) is 0 Å². The topological polar surface area (TPSA) is 93.6 Å². The summed E-state index contributed by atoms with van der Waals surface area (Å²) in [4.78, 5) is 2.14. The summed E-state index contributed by atoms with van der Waals surface area (Å²) in [5.74, 6) is 0.633. The molecule has 4 rings (SSSR count). The lowest BCUT2D eigenvalue weighted by Gasteiger charge is -2.26. The fourth-order valence-corrected chi connectivity index (χ4v) is 5.84. The maximum Gasteiger partial charge on any atom is 0.265 e. The SMILES string of the molecule is CN(C)CCCOc1ccccc1CN(c1ccccc1)S(=O)(=O)c1cccc2c(N(O)O)cccc12. The van der Waals surface area contributed by atoms with Crippen LogP contribution in [0, 0.1) is 0 Å². The van der Waals surface area contributed by atoms with Crippen molar-refractivity contribution in [1.29, 1.82) is 0 Å². The van der Waals surface area contributed by atoms with E-state index in [1.807, 2.05) is 44.4 Å². The highest BCUT2D eigenvalue weighted by Gasteiger charge is 2.28. The Labute approximate surface area is 217 Å². The average Bonchev–Trinajstić information content (AvgIpc) is 2.89. The second kappa shape index (κ2) is 11.6. The Morgan fingerprint density at radius 1 is 0.784 bits per heavy atom. The van der Waals surface area contributed by atoms with Crippen LogP contribution in [0.3, 0.4) is 0 Å². The number of anilines is 2. The van der Waals surface area contributed by atoms with Crippen LogP contribution in [-0.4, -0.2) is 51.0 Å². The van der Waals surface area contributed by atoms with Crippen molar-refractivity contribution in [2.24, 2.45) is 0 Å². The third-order valence-electron chi connectivity index (χ3n) is 5.98. The fourth-order valence-electron chi connectivity index (χ4n) is 4.18. The normalized spacial score (nSPS) is 11.6. The Morgan fingerprint density at radius 2 is 1.46 bits per heavy atom. The molecule has 9 heteroatoms. The summed E-state index contributed by atoms with van der Waals surface area (Å²) in [6.07, 6.45) is 0.840. The Bertz CT molecular complexity index is 1440. The summed E-state index contributed by atoms with van der Waals surface area (Å²) >= 11 is 0. The van der Waals surface area contributed by atoms with Crippen LogP contribution in [0.15, 0.2) is 95.9 Å². The highest BCUT2D eigenvalue weighted by Crippen LogP contribution is 2.34. The van der Waals surface area contributed by atoms with Crippen molar-refractivity contribution in [3.8, 4) is 5.75 Å². The molecule has 0 aromatic heterocycles. The number of nitrogens with zero attached hydrogens (tertiary/aromatic N) is 3. The van der Waals surface area contributed by atoms with Crippen LogP contribution in [0.25, 0.3) is 10.8 Å². The van der Waals surface area contributed by atoms with Gasteiger partial charge in [0.2, 0.25) is 0 Å². The first kappa shape index (κ1) is 26.4. The van der Waals surface area contributed by atoms with Crippen molar-refractivity contribution in [3.05, 3.63) is 96.6 Å². The van der Waals surface area contributed by atoms with Gasteiger partial charge in [0.25, 0.3) is 10.0 Å². The molecule has 4 aromatic carbocycles. The summed E-state index contributed by atoms with van der Waals surface area (Å²) < 4.78 is 35.8. The molecule has 0 radical (unpaired) electrons. The summed E-state index contributed by atoms with van der Waals surface area (Å²) in [6.45, 7) is 1.45. The van der Waals surface area contributed by atoms with Crippen LogP contribution in [0.1, 0.15) is 12.0 Å². The number of sulfonamides is 1. The number of fused-ring (bicyclic) bond motifs is 1. The number of rotatable bonds is 11. The highest BCUT2D eigenvalue weighted by molar-refractivity contribution is 7.93. The molecule has 0 fully saturated rings. The molecule has 0 heterocycles. The van der Waals surface area contributed by atoms with Crippen molar-refractivity contribution in [1.82, 2.24) is 4.90 Å². The first-order valence-corrected chi connectivity index (χ1v) is 13.4. The van der Waals surface area contributed by atoms with Gasteiger partial charge in [-0.25, -0.2) is 8.42 Å². The van der Waals surface area contributed by atoms with Gasteiger partial charge in [-0.3, -0.25) is 14.7 Å². The van der Waals surface area contributed by atoms with Gasteiger partial charge in [-0.1, -0.05) is 60.7 Å². The van der Waals surface area contributed by atoms with Gasteiger partial charge in [0.1, 0.15) is 11.4 Å². The van der Waals surface area contributed by atoms with E-state index in [1.54, 1.807) is 48.5 Å². The molecule has 0 aliphatic carbocycles. The van der Waals surface area contributed by atoms with E-state index in [4.69, 9.17) is 4.74 Å². The third-order valence-corrected chi connectivity index (χ3v) is 7.81. The van der Waals surface area contributed by atoms with Gasteiger partial charge >= 0.3 is 0 Å². The molecule has 0 saturated heterocycles. The van der Waals surface area contributed by atoms with Crippen molar-refractivity contribution >= 4 is 32.2 Å². The highest BCUT2D eigenvalue weighted by atomic mass is 32.2. The second-order valence-corrected chi connectivity index (χ2v) is 10.7. The molecule has 0 unspecified atom stereocenters. The van der Waals surface area contributed by atoms with E-state index >= 15 is 0 Å². The van der Waals surface area contributed by atoms with Crippen LogP contribution in [0.2, 0.25) is 0 Å². The lowest BCUT2D eigenvalue weighted by Crippen LogP contribution is -2.31. The van der Waals surface area contributed by atoms with Crippen LogP contribution in [-0.2, 0) is 16.6 Å². The van der Waals surface area contributed by atoms with E-state index in [0.717, 1.165) is 18.5 Å². The molecule has 0 bridgehead atoms. The Kier molecular flexibility index (Phi) is 8.30. The van der Waals surface area contributed by atoms with Crippen molar-refractivity contribution in [2.45, 2.75) is 17.9 Å². The molecule has 2 N–H and O–H groups in total. The molecule has 0 saturated carbocycles. The van der Waals surface area contributed by atoms with Gasteiger partial charge in [-0.15, -0.1) is 5.23 Å². The first-order valence-electron chi connectivity index (χ1n) is 11.9. The van der Waals surface area contributed by atoms with Gasteiger partial charge in [-0.05, 0) is 50.8 Å². The molecule has 37 heavy (non-hydrogen) atoms. The van der Waals surface area contributed by atoms with E-state index in [2.05, 4.69) is 4.90 Å². The fraction of sp³-hybridized carbons (Fsp3) is 0.214. The molecule has 0 amide bonds. The van der Waals surface area contributed by atoms with Gasteiger partial charge in [-0.2, -0.15) is 0 Å². The minimum atomic E-state index is -4.09.